The van der Waals surface area contributed by atoms with Gasteiger partial charge in [-0.1, -0.05) is 8.41 Å². The molecule has 0 aromatic heterocycles. The fourth-order valence-electron chi connectivity index (χ4n) is 0. The van der Waals surface area contributed by atoms with Gasteiger partial charge in [0.15, 0.2) is 0 Å². The predicted octanol–water partition coefficient (Wildman–Crippen LogP) is -8.44. The summed E-state index contributed by atoms with van der Waals surface area (Å²) >= 11 is 0. The SMILES string of the molecule is O=S([O-])S(=O)O.[BH4-].[Na+].[Na+]. The van der Waals surface area contributed by atoms with Gasteiger partial charge >= 0.3 is 59.1 Å². The second-order valence-corrected chi connectivity index (χ2v) is 2.94. The molecule has 0 aliphatic carbocycles. The molecule has 0 radical (unpaired) electrons. The Morgan fingerprint density at radius 1 is 1.22 bits per heavy atom. The van der Waals surface area contributed by atoms with E-state index in [-0.39, 0.29) is 67.5 Å². The summed E-state index contributed by atoms with van der Waals surface area (Å²) in [6, 6.07) is 0. The zero-order valence-electron chi connectivity index (χ0n) is 4.49. The first-order valence-corrected chi connectivity index (χ1v) is 3.55. The molecule has 0 aromatic rings. The van der Waals surface area contributed by atoms with Gasteiger partial charge in [0.25, 0.3) is 0 Å². The van der Waals surface area contributed by atoms with Crippen LogP contribution >= 0.6 is 0 Å². The minimum absolute atomic E-state index is 0. The Kier molecular flexibility index (Phi) is 32.3. The number of hydrogen-bond acceptors (Lipinski definition) is 3. The summed E-state index contributed by atoms with van der Waals surface area (Å²) in [4.78, 5) is 0. The van der Waals surface area contributed by atoms with Crippen LogP contribution in [0.4, 0.5) is 0 Å². The molecule has 0 saturated heterocycles. The van der Waals surface area contributed by atoms with E-state index >= 15 is 0 Å². The minimum atomic E-state index is -2.84. The average molecular weight is 190 g/mol. The maximum Gasteiger partial charge on any atom is 1.00 e. The first kappa shape index (κ1) is 22.5. The summed E-state index contributed by atoms with van der Waals surface area (Å²) in [7, 11) is -5.54. The molecule has 9 heavy (non-hydrogen) atoms. The van der Waals surface area contributed by atoms with Crippen molar-refractivity contribution in [2.45, 2.75) is 0 Å². The molecule has 46 valence electrons. The third-order valence-electron chi connectivity index (χ3n) is 0.116. The van der Waals surface area contributed by atoms with Gasteiger partial charge in [0, 0.05) is 0 Å². The molecule has 0 fully saturated rings. The topological polar surface area (TPSA) is 77.4 Å². The van der Waals surface area contributed by atoms with Gasteiger partial charge < -0.3 is 4.55 Å². The van der Waals surface area contributed by atoms with Gasteiger partial charge in [-0.3, -0.25) is 8.76 Å². The van der Waals surface area contributed by atoms with Crippen LogP contribution < -0.4 is 59.1 Å². The van der Waals surface area contributed by atoms with E-state index in [1.807, 2.05) is 0 Å². The standard InChI is InChI=1S/BH4.2Na.H2O4S2/c;;;1-5(2)6(3)4/h1H4;;;(H,1,2)(H,3,4)/q-1;2*+1;/p-1. The van der Waals surface area contributed by atoms with Gasteiger partial charge in [0.1, 0.15) is 0 Å². The summed E-state index contributed by atoms with van der Waals surface area (Å²) < 4.78 is 35.0. The minimum Gasteiger partial charge on any atom is -0.760 e. The van der Waals surface area contributed by atoms with E-state index in [2.05, 4.69) is 0 Å². The van der Waals surface area contributed by atoms with E-state index in [9.17, 15) is 4.21 Å². The molecule has 4 nitrogen and oxygen atoms in total. The normalized spacial score (nSPS) is 13.1. The summed E-state index contributed by atoms with van der Waals surface area (Å²) in [5, 5.41) is 0. The average Bonchev–Trinajstić information content (AvgIpc) is 1.36. The molecule has 0 aromatic carbocycles. The molecule has 0 aliphatic rings. The molecule has 2 atom stereocenters. The molecule has 0 spiro atoms. The Morgan fingerprint density at radius 3 is 1.33 bits per heavy atom. The predicted molar refractivity (Wildman–Crippen MR) is 31.0 cm³/mol. The maximum absolute atomic E-state index is 9.20. The molecule has 0 saturated carbocycles. The van der Waals surface area contributed by atoms with Crippen molar-refractivity contribution in [1.82, 2.24) is 0 Å². The van der Waals surface area contributed by atoms with Crippen LogP contribution in [0.3, 0.4) is 0 Å². The van der Waals surface area contributed by atoms with Crippen molar-refractivity contribution in [3.05, 3.63) is 0 Å². The molecule has 2 unspecified atom stereocenters. The van der Waals surface area contributed by atoms with E-state index in [0.29, 0.717) is 0 Å². The van der Waals surface area contributed by atoms with Gasteiger partial charge in [-0.15, -0.1) is 0 Å². The quantitative estimate of drug-likeness (QED) is 0.253. The molecular weight excluding hydrogens is 185 g/mol. The van der Waals surface area contributed by atoms with Crippen molar-refractivity contribution in [2.24, 2.45) is 0 Å². The summed E-state index contributed by atoms with van der Waals surface area (Å²) in [5.74, 6) is 0. The zero-order valence-corrected chi connectivity index (χ0v) is 10.1. The van der Waals surface area contributed by atoms with E-state index < -0.39 is 20.2 Å². The molecule has 0 aliphatic heterocycles. The van der Waals surface area contributed by atoms with Gasteiger partial charge in [0.05, 0.1) is 10.1 Å². The van der Waals surface area contributed by atoms with Crippen LogP contribution in [0.15, 0.2) is 0 Å². The Morgan fingerprint density at radius 2 is 1.33 bits per heavy atom. The third-order valence-corrected chi connectivity index (χ3v) is 1.05. The van der Waals surface area contributed by atoms with E-state index in [0.717, 1.165) is 0 Å². The smallest absolute Gasteiger partial charge is 0.760 e. The Bertz CT molecular complexity index is 82.6. The zero-order chi connectivity index (χ0) is 5.15. The van der Waals surface area contributed by atoms with Crippen LogP contribution in [0.1, 0.15) is 0 Å². The van der Waals surface area contributed by atoms with Gasteiger partial charge in [0.2, 0.25) is 10.1 Å². The Labute approximate surface area is 104 Å². The van der Waals surface area contributed by atoms with Crippen LogP contribution in [-0.4, -0.2) is 25.9 Å². The molecule has 0 heterocycles. The van der Waals surface area contributed by atoms with Crippen molar-refractivity contribution in [1.29, 1.82) is 0 Å². The monoisotopic (exact) mass is 190 g/mol. The molecular formula is H5BNa2O4S2. The maximum atomic E-state index is 9.20. The van der Waals surface area contributed by atoms with Crippen molar-refractivity contribution in [2.75, 3.05) is 0 Å². The van der Waals surface area contributed by atoms with Crippen LogP contribution in [0.25, 0.3) is 0 Å². The molecule has 0 bridgehead atoms. The second kappa shape index (κ2) is 12.9. The van der Waals surface area contributed by atoms with E-state index in [4.69, 9.17) is 13.3 Å². The summed E-state index contributed by atoms with van der Waals surface area (Å²) in [5.41, 5.74) is 0. The fourth-order valence-corrected chi connectivity index (χ4v) is 0. The second-order valence-electron chi connectivity index (χ2n) is 0.421. The van der Waals surface area contributed by atoms with E-state index in [1.54, 1.807) is 0 Å². The Balaban J connectivity index is -0.0000000417. The van der Waals surface area contributed by atoms with Crippen molar-refractivity contribution in [3.8, 4) is 0 Å². The molecule has 0 rings (SSSR count). The van der Waals surface area contributed by atoms with Crippen molar-refractivity contribution in [3.63, 3.8) is 0 Å². The first-order chi connectivity index (χ1) is 2.64. The summed E-state index contributed by atoms with van der Waals surface area (Å²) in [6.45, 7) is 0. The van der Waals surface area contributed by atoms with E-state index in [1.165, 1.54) is 0 Å². The molecule has 0 amide bonds. The van der Waals surface area contributed by atoms with Crippen LogP contribution in [0, 0.1) is 0 Å². The van der Waals surface area contributed by atoms with Gasteiger partial charge in [-0.05, 0) is 0 Å². The van der Waals surface area contributed by atoms with Gasteiger partial charge in [-0.2, -0.15) is 0 Å². The fraction of sp³-hybridized carbons (Fsp3) is 0. The first-order valence-electron chi connectivity index (χ1n) is 0.849. The molecule has 9 heteroatoms. The van der Waals surface area contributed by atoms with Crippen LogP contribution in [0.2, 0.25) is 0 Å². The largest absolute Gasteiger partial charge is 1.00 e. The summed E-state index contributed by atoms with van der Waals surface area (Å²) in [6.07, 6.45) is 0. The molecule has 1 N–H and O–H groups in total. The third kappa shape index (κ3) is 17.9. The van der Waals surface area contributed by atoms with Crippen LogP contribution in [0.5, 0.6) is 0 Å². The van der Waals surface area contributed by atoms with Crippen molar-refractivity contribution >= 4 is 28.6 Å². The van der Waals surface area contributed by atoms with Crippen molar-refractivity contribution < 1.29 is 76.6 Å². The van der Waals surface area contributed by atoms with Gasteiger partial charge in [-0.25, -0.2) is 4.21 Å². The number of hydrogen-bond donors (Lipinski definition) is 1. The van der Waals surface area contributed by atoms with Crippen LogP contribution in [-0.2, 0) is 20.2 Å². The Hall–Kier alpha value is 2.28. The number of rotatable bonds is 1.